The zero-order valence-corrected chi connectivity index (χ0v) is 8.95. The highest BCUT2D eigenvalue weighted by Crippen LogP contribution is 2.32. The van der Waals surface area contributed by atoms with E-state index in [4.69, 9.17) is 0 Å². The Hall–Kier alpha value is -0.820. The van der Waals surface area contributed by atoms with Crippen LogP contribution in [0.15, 0.2) is 30.3 Å². The van der Waals surface area contributed by atoms with E-state index in [0.29, 0.717) is 6.04 Å². The minimum atomic E-state index is 0.711. The Morgan fingerprint density at radius 3 is 2.64 bits per heavy atom. The second-order valence-electron chi connectivity index (χ2n) is 4.10. The van der Waals surface area contributed by atoms with Gasteiger partial charge in [-0.2, -0.15) is 0 Å². The van der Waals surface area contributed by atoms with Crippen LogP contribution in [0.1, 0.15) is 37.8 Å². The molecular formula is C13H19N. The van der Waals surface area contributed by atoms with Crippen molar-refractivity contribution in [1.82, 2.24) is 4.90 Å². The minimum Gasteiger partial charge on any atom is -0.296 e. The second-order valence-corrected chi connectivity index (χ2v) is 4.10. The predicted molar refractivity (Wildman–Crippen MR) is 60.3 cm³/mol. The van der Waals surface area contributed by atoms with Gasteiger partial charge in [0.15, 0.2) is 0 Å². The molecule has 1 unspecified atom stereocenters. The number of benzene rings is 1. The molecule has 1 aromatic rings. The molecule has 0 N–H and O–H groups in total. The highest BCUT2D eigenvalue weighted by Gasteiger charge is 2.27. The van der Waals surface area contributed by atoms with Crippen molar-refractivity contribution in [3.63, 3.8) is 0 Å². The number of rotatable bonds is 4. The smallest absolute Gasteiger partial charge is 0.0360 e. The van der Waals surface area contributed by atoms with Crippen LogP contribution in [0, 0.1) is 0 Å². The van der Waals surface area contributed by atoms with Gasteiger partial charge < -0.3 is 0 Å². The second kappa shape index (κ2) is 4.61. The first-order chi connectivity index (χ1) is 6.92. The SMILES string of the molecule is CCCCN1CCC1c1ccccc1. The van der Waals surface area contributed by atoms with Crippen molar-refractivity contribution in [1.29, 1.82) is 0 Å². The zero-order chi connectivity index (χ0) is 9.80. The van der Waals surface area contributed by atoms with E-state index in [1.807, 2.05) is 0 Å². The Morgan fingerprint density at radius 1 is 1.29 bits per heavy atom. The summed E-state index contributed by atoms with van der Waals surface area (Å²) >= 11 is 0. The molecule has 1 heteroatoms. The molecule has 1 fully saturated rings. The molecule has 1 aromatic carbocycles. The third-order valence-corrected chi connectivity index (χ3v) is 3.11. The largest absolute Gasteiger partial charge is 0.296 e. The summed E-state index contributed by atoms with van der Waals surface area (Å²) in [5.41, 5.74) is 1.50. The van der Waals surface area contributed by atoms with Crippen molar-refractivity contribution < 1.29 is 0 Å². The van der Waals surface area contributed by atoms with E-state index >= 15 is 0 Å². The number of unbranched alkanes of at least 4 members (excludes halogenated alkanes) is 1. The summed E-state index contributed by atoms with van der Waals surface area (Å²) in [4.78, 5) is 2.60. The fourth-order valence-electron chi connectivity index (χ4n) is 2.12. The molecule has 1 aliphatic heterocycles. The van der Waals surface area contributed by atoms with Crippen molar-refractivity contribution in [2.75, 3.05) is 13.1 Å². The lowest BCUT2D eigenvalue weighted by Crippen LogP contribution is -2.41. The van der Waals surface area contributed by atoms with Crippen LogP contribution in [0.25, 0.3) is 0 Å². The first kappa shape index (κ1) is 9.72. The van der Waals surface area contributed by atoms with Gasteiger partial charge in [0, 0.05) is 12.6 Å². The van der Waals surface area contributed by atoms with Gasteiger partial charge in [-0.05, 0) is 24.9 Å². The van der Waals surface area contributed by atoms with Crippen molar-refractivity contribution in [3.8, 4) is 0 Å². The summed E-state index contributed by atoms with van der Waals surface area (Å²) in [6.07, 6.45) is 3.98. The average molecular weight is 189 g/mol. The Morgan fingerprint density at radius 2 is 2.07 bits per heavy atom. The third kappa shape index (κ3) is 1.98. The lowest BCUT2D eigenvalue weighted by Gasteiger charge is -2.41. The lowest BCUT2D eigenvalue weighted by atomic mass is 9.94. The van der Waals surface area contributed by atoms with Gasteiger partial charge >= 0.3 is 0 Å². The molecule has 0 aliphatic carbocycles. The van der Waals surface area contributed by atoms with Gasteiger partial charge in [-0.1, -0.05) is 43.7 Å². The first-order valence-corrected chi connectivity index (χ1v) is 5.71. The maximum Gasteiger partial charge on any atom is 0.0360 e. The van der Waals surface area contributed by atoms with Crippen LogP contribution >= 0.6 is 0 Å². The molecule has 76 valence electrons. The van der Waals surface area contributed by atoms with Crippen molar-refractivity contribution in [2.24, 2.45) is 0 Å². The molecule has 0 amide bonds. The Balaban J connectivity index is 1.93. The molecule has 1 heterocycles. The summed E-state index contributed by atoms with van der Waals surface area (Å²) < 4.78 is 0. The summed E-state index contributed by atoms with van der Waals surface area (Å²) in [5.74, 6) is 0. The third-order valence-electron chi connectivity index (χ3n) is 3.11. The van der Waals surface area contributed by atoms with Gasteiger partial charge in [0.05, 0.1) is 0 Å². The molecule has 2 rings (SSSR count). The minimum absolute atomic E-state index is 0.711. The first-order valence-electron chi connectivity index (χ1n) is 5.71. The Kier molecular flexibility index (Phi) is 3.20. The van der Waals surface area contributed by atoms with Gasteiger partial charge in [-0.25, -0.2) is 0 Å². The van der Waals surface area contributed by atoms with Gasteiger partial charge in [0.1, 0.15) is 0 Å². The molecule has 0 radical (unpaired) electrons. The van der Waals surface area contributed by atoms with E-state index in [1.165, 1.54) is 37.9 Å². The van der Waals surface area contributed by atoms with E-state index in [9.17, 15) is 0 Å². The molecule has 0 saturated carbocycles. The molecule has 1 aliphatic rings. The molecule has 1 atom stereocenters. The Bertz CT molecular complexity index is 268. The molecule has 0 aromatic heterocycles. The van der Waals surface area contributed by atoms with Gasteiger partial charge in [-0.3, -0.25) is 4.90 Å². The molecule has 1 nitrogen and oxygen atoms in total. The van der Waals surface area contributed by atoms with Crippen LogP contribution in [-0.2, 0) is 0 Å². The Labute approximate surface area is 86.7 Å². The highest BCUT2D eigenvalue weighted by molar-refractivity contribution is 5.20. The highest BCUT2D eigenvalue weighted by atomic mass is 15.2. The summed E-state index contributed by atoms with van der Waals surface area (Å²) in [5, 5.41) is 0. The molecule has 1 saturated heterocycles. The summed E-state index contributed by atoms with van der Waals surface area (Å²) in [7, 11) is 0. The van der Waals surface area contributed by atoms with E-state index < -0.39 is 0 Å². The number of likely N-dealkylation sites (tertiary alicyclic amines) is 1. The maximum absolute atomic E-state index is 2.60. The van der Waals surface area contributed by atoms with Crippen LogP contribution in [0.5, 0.6) is 0 Å². The lowest BCUT2D eigenvalue weighted by molar-refractivity contribution is 0.0892. The summed E-state index contributed by atoms with van der Waals surface area (Å²) in [6.45, 7) is 4.83. The predicted octanol–water partition coefficient (Wildman–Crippen LogP) is 3.23. The van der Waals surface area contributed by atoms with Gasteiger partial charge in [0.25, 0.3) is 0 Å². The molecular weight excluding hydrogens is 170 g/mol. The average Bonchev–Trinajstić information content (AvgIpc) is 2.18. The van der Waals surface area contributed by atoms with Crippen LogP contribution in [0.2, 0.25) is 0 Å². The van der Waals surface area contributed by atoms with Crippen LogP contribution in [-0.4, -0.2) is 18.0 Å². The fraction of sp³-hybridized carbons (Fsp3) is 0.538. The topological polar surface area (TPSA) is 3.24 Å². The van der Waals surface area contributed by atoms with Crippen LogP contribution < -0.4 is 0 Å². The normalized spacial score (nSPS) is 21.9. The van der Waals surface area contributed by atoms with Crippen molar-refractivity contribution in [3.05, 3.63) is 35.9 Å². The standard InChI is InChI=1S/C13H19N/c1-2-3-10-14-11-9-13(14)12-7-5-4-6-8-12/h4-8,13H,2-3,9-11H2,1H3. The summed E-state index contributed by atoms with van der Waals surface area (Å²) in [6, 6.07) is 11.6. The van der Waals surface area contributed by atoms with Gasteiger partial charge in [-0.15, -0.1) is 0 Å². The van der Waals surface area contributed by atoms with E-state index in [1.54, 1.807) is 0 Å². The van der Waals surface area contributed by atoms with E-state index in [2.05, 4.69) is 42.2 Å². The van der Waals surface area contributed by atoms with E-state index in [0.717, 1.165) is 0 Å². The maximum atomic E-state index is 2.60. The number of nitrogens with zero attached hydrogens (tertiary/aromatic N) is 1. The van der Waals surface area contributed by atoms with Crippen molar-refractivity contribution >= 4 is 0 Å². The van der Waals surface area contributed by atoms with E-state index in [-0.39, 0.29) is 0 Å². The quantitative estimate of drug-likeness (QED) is 0.703. The zero-order valence-electron chi connectivity index (χ0n) is 8.95. The monoisotopic (exact) mass is 189 g/mol. The van der Waals surface area contributed by atoms with Crippen LogP contribution in [0.4, 0.5) is 0 Å². The number of hydrogen-bond donors (Lipinski definition) is 0. The molecule has 0 spiro atoms. The van der Waals surface area contributed by atoms with Gasteiger partial charge in [0.2, 0.25) is 0 Å². The molecule has 0 bridgehead atoms. The van der Waals surface area contributed by atoms with Crippen molar-refractivity contribution in [2.45, 2.75) is 32.2 Å². The van der Waals surface area contributed by atoms with Crippen LogP contribution in [0.3, 0.4) is 0 Å². The molecule has 14 heavy (non-hydrogen) atoms. The fourth-order valence-corrected chi connectivity index (χ4v) is 2.12. The number of hydrogen-bond acceptors (Lipinski definition) is 1.